The van der Waals surface area contributed by atoms with Crippen molar-refractivity contribution in [1.82, 2.24) is 0 Å². The lowest BCUT2D eigenvalue weighted by Crippen LogP contribution is -2.42. The summed E-state index contributed by atoms with van der Waals surface area (Å²) in [6.07, 6.45) is 9.77. The minimum atomic E-state index is -1.48. The molecule has 1 heterocycles. The van der Waals surface area contributed by atoms with Crippen LogP contribution in [-0.2, 0) is 9.16 Å². The molecule has 1 rings (SSSR count). The number of hydrogen-bond donors (Lipinski definition) is 0. The molecule has 0 aromatic heterocycles. The van der Waals surface area contributed by atoms with Crippen LogP contribution in [0.4, 0.5) is 0 Å². The van der Waals surface area contributed by atoms with E-state index in [1.165, 1.54) is 18.9 Å². The van der Waals surface area contributed by atoms with Crippen LogP contribution in [0.1, 0.15) is 46.0 Å². The number of unbranched alkanes of at least 4 members (excludes halogenated alkanes) is 1. The summed E-state index contributed by atoms with van der Waals surface area (Å²) in [4.78, 5) is 0. The van der Waals surface area contributed by atoms with E-state index in [-0.39, 0.29) is 5.60 Å². The molecule has 2 nitrogen and oxygen atoms in total. The Morgan fingerprint density at radius 1 is 1.35 bits per heavy atom. The third kappa shape index (κ3) is 4.84. The van der Waals surface area contributed by atoms with Crippen LogP contribution in [0.5, 0.6) is 0 Å². The molecule has 0 bridgehead atoms. The summed E-state index contributed by atoms with van der Waals surface area (Å²) in [6.45, 7) is 9.86. The fourth-order valence-corrected chi connectivity index (χ4v) is 4.14. The molecule has 1 atom stereocenters. The van der Waals surface area contributed by atoms with E-state index in [2.05, 4.69) is 33.0 Å². The smallest absolute Gasteiger partial charge is 0.186 e. The molecule has 0 saturated carbocycles. The molecule has 100 valence electrons. The van der Waals surface area contributed by atoms with Gasteiger partial charge in [-0.05, 0) is 44.5 Å². The van der Waals surface area contributed by atoms with Crippen LogP contribution >= 0.6 is 0 Å². The van der Waals surface area contributed by atoms with E-state index >= 15 is 0 Å². The maximum Gasteiger partial charge on any atom is 0.186 e. The Kier molecular flexibility index (Phi) is 5.73. The molecule has 3 heteroatoms. The van der Waals surface area contributed by atoms with Gasteiger partial charge in [0.15, 0.2) is 8.32 Å². The van der Waals surface area contributed by atoms with Gasteiger partial charge in [0.2, 0.25) is 0 Å². The first kappa shape index (κ1) is 14.8. The van der Waals surface area contributed by atoms with E-state index in [4.69, 9.17) is 9.16 Å². The SMILES string of the molecule is CCCC[Si](C)(C)OCC1(CC)CCC=CO1. The number of rotatable bonds is 7. The minimum Gasteiger partial charge on any atom is -0.493 e. The van der Waals surface area contributed by atoms with E-state index < -0.39 is 8.32 Å². The van der Waals surface area contributed by atoms with Crippen LogP contribution < -0.4 is 0 Å². The molecular weight excluding hydrogens is 228 g/mol. The summed E-state index contributed by atoms with van der Waals surface area (Å²) >= 11 is 0. The first-order chi connectivity index (χ1) is 8.04. The van der Waals surface area contributed by atoms with Gasteiger partial charge in [0, 0.05) is 0 Å². The molecule has 0 aromatic rings. The van der Waals surface area contributed by atoms with Crippen molar-refractivity contribution in [2.75, 3.05) is 6.61 Å². The fourth-order valence-electron chi connectivity index (χ4n) is 2.14. The Bertz CT molecular complexity index is 251. The number of hydrogen-bond acceptors (Lipinski definition) is 2. The van der Waals surface area contributed by atoms with Crippen LogP contribution in [0.3, 0.4) is 0 Å². The molecule has 0 aliphatic carbocycles. The molecule has 0 spiro atoms. The highest BCUT2D eigenvalue weighted by Crippen LogP contribution is 2.29. The zero-order chi connectivity index (χ0) is 12.8. The molecular formula is C14H28O2Si. The first-order valence-corrected chi connectivity index (χ1v) is 10.1. The van der Waals surface area contributed by atoms with Gasteiger partial charge >= 0.3 is 0 Å². The summed E-state index contributed by atoms with van der Waals surface area (Å²) in [5.41, 5.74) is -0.0504. The second-order valence-electron chi connectivity index (χ2n) is 5.72. The Hall–Kier alpha value is -0.283. The maximum absolute atomic E-state index is 6.25. The third-order valence-corrected chi connectivity index (χ3v) is 6.17. The van der Waals surface area contributed by atoms with Gasteiger partial charge in [-0.1, -0.05) is 26.7 Å². The van der Waals surface area contributed by atoms with Crippen LogP contribution in [0.25, 0.3) is 0 Å². The molecule has 0 amide bonds. The number of ether oxygens (including phenoxy) is 1. The van der Waals surface area contributed by atoms with Gasteiger partial charge in [0.25, 0.3) is 0 Å². The van der Waals surface area contributed by atoms with Crippen LogP contribution in [0.15, 0.2) is 12.3 Å². The minimum absolute atomic E-state index is 0.0504. The zero-order valence-corrected chi connectivity index (χ0v) is 12.9. The van der Waals surface area contributed by atoms with Gasteiger partial charge in [-0.3, -0.25) is 0 Å². The maximum atomic E-state index is 6.25. The Morgan fingerprint density at radius 2 is 2.12 bits per heavy atom. The summed E-state index contributed by atoms with van der Waals surface area (Å²) in [5, 5.41) is 0. The topological polar surface area (TPSA) is 18.5 Å². The van der Waals surface area contributed by atoms with Crippen molar-refractivity contribution in [2.45, 2.75) is 70.7 Å². The monoisotopic (exact) mass is 256 g/mol. The van der Waals surface area contributed by atoms with Gasteiger partial charge in [-0.25, -0.2) is 0 Å². The molecule has 0 aromatic carbocycles. The lowest BCUT2D eigenvalue weighted by Gasteiger charge is -2.37. The normalized spacial score (nSPS) is 24.7. The lowest BCUT2D eigenvalue weighted by molar-refractivity contribution is -0.0380. The molecule has 1 aliphatic rings. The van der Waals surface area contributed by atoms with Crippen LogP contribution in [0.2, 0.25) is 19.1 Å². The van der Waals surface area contributed by atoms with E-state index in [0.717, 1.165) is 25.9 Å². The molecule has 1 unspecified atom stereocenters. The quantitative estimate of drug-likeness (QED) is 0.625. The fraction of sp³-hybridized carbons (Fsp3) is 0.857. The average Bonchev–Trinajstić information content (AvgIpc) is 2.35. The van der Waals surface area contributed by atoms with Crippen molar-refractivity contribution < 1.29 is 9.16 Å². The standard InChI is InChI=1S/C14H28O2Si/c1-5-7-12-17(3,4)16-13-14(6-2)10-8-9-11-15-14/h9,11H,5-8,10,12-13H2,1-4H3. The summed E-state index contributed by atoms with van der Waals surface area (Å²) in [7, 11) is -1.48. The van der Waals surface area contributed by atoms with E-state index in [9.17, 15) is 0 Å². The first-order valence-electron chi connectivity index (χ1n) is 7.00. The predicted octanol–water partition coefficient (Wildman–Crippen LogP) is 4.48. The van der Waals surface area contributed by atoms with Crippen molar-refractivity contribution in [3.8, 4) is 0 Å². The van der Waals surface area contributed by atoms with Gasteiger partial charge in [0.1, 0.15) is 5.60 Å². The Balaban J connectivity index is 2.44. The average molecular weight is 256 g/mol. The summed E-state index contributed by atoms with van der Waals surface area (Å²) in [5.74, 6) is 0. The Morgan fingerprint density at radius 3 is 2.65 bits per heavy atom. The van der Waals surface area contributed by atoms with Crippen molar-refractivity contribution in [1.29, 1.82) is 0 Å². The summed E-state index contributed by atoms with van der Waals surface area (Å²) in [6, 6.07) is 1.26. The highest BCUT2D eigenvalue weighted by atomic mass is 28.4. The van der Waals surface area contributed by atoms with E-state index in [0.29, 0.717) is 0 Å². The van der Waals surface area contributed by atoms with Gasteiger partial charge in [-0.15, -0.1) is 0 Å². The lowest BCUT2D eigenvalue weighted by atomic mass is 9.94. The summed E-state index contributed by atoms with van der Waals surface area (Å²) < 4.78 is 12.1. The molecule has 1 aliphatic heterocycles. The Labute approximate surface area is 108 Å². The molecule has 0 saturated heterocycles. The van der Waals surface area contributed by atoms with Gasteiger partial charge in [-0.2, -0.15) is 0 Å². The highest BCUT2D eigenvalue weighted by molar-refractivity contribution is 6.71. The van der Waals surface area contributed by atoms with Crippen molar-refractivity contribution in [3.05, 3.63) is 12.3 Å². The van der Waals surface area contributed by atoms with Crippen LogP contribution in [0, 0.1) is 0 Å². The van der Waals surface area contributed by atoms with E-state index in [1.807, 2.05) is 6.26 Å². The largest absolute Gasteiger partial charge is 0.493 e. The zero-order valence-electron chi connectivity index (χ0n) is 11.9. The molecule has 0 radical (unpaired) electrons. The highest BCUT2D eigenvalue weighted by Gasteiger charge is 2.33. The molecule has 17 heavy (non-hydrogen) atoms. The van der Waals surface area contributed by atoms with Crippen molar-refractivity contribution in [2.24, 2.45) is 0 Å². The van der Waals surface area contributed by atoms with Gasteiger partial charge in [0.05, 0.1) is 12.9 Å². The number of allylic oxidation sites excluding steroid dienone is 1. The second-order valence-corrected chi connectivity index (χ2v) is 10.0. The van der Waals surface area contributed by atoms with E-state index in [1.54, 1.807) is 0 Å². The molecule has 0 fully saturated rings. The van der Waals surface area contributed by atoms with Crippen LogP contribution in [-0.4, -0.2) is 20.5 Å². The van der Waals surface area contributed by atoms with Crippen molar-refractivity contribution >= 4 is 8.32 Å². The predicted molar refractivity (Wildman–Crippen MR) is 75.6 cm³/mol. The van der Waals surface area contributed by atoms with Gasteiger partial charge < -0.3 is 9.16 Å². The third-order valence-electron chi connectivity index (χ3n) is 3.68. The second kappa shape index (κ2) is 6.60. The van der Waals surface area contributed by atoms with Crippen molar-refractivity contribution in [3.63, 3.8) is 0 Å². The molecule has 0 N–H and O–H groups in total.